The molecule has 0 radical (unpaired) electrons. The molecule has 0 aliphatic rings. The molecule has 0 heterocycles. The Bertz CT molecular complexity index is 458. The lowest BCUT2D eigenvalue weighted by molar-refractivity contribution is -0.139. The average molecular weight is 304 g/mol. The van der Waals surface area contributed by atoms with E-state index in [2.05, 4.69) is 5.32 Å². The van der Waals surface area contributed by atoms with Crippen molar-refractivity contribution in [1.82, 2.24) is 4.90 Å². The summed E-state index contributed by atoms with van der Waals surface area (Å²) in [7, 11) is 0. The van der Waals surface area contributed by atoms with E-state index in [-0.39, 0.29) is 6.54 Å². The summed E-state index contributed by atoms with van der Waals surface area (Å²) in [6.07, 6.45) is -4.63. The fourth-order valence-corrected chi connectivity index (χ4v) is 1.79. The monoisotopic (exact) mass is 304 g/mol. The van der Waals surface area contributed by atoms with Crippen molar-refractivity contribution in [2.45, 2.75) is 32.5 Å². The van der Waals surface area contributed by atoms with E-state index >= 15 is 0 Å². The first-order chi connectivity index (χ1) is 9.73. The van der Waals surface area contributed by atoms with Gasteiger partial charge in [-0.15, -0.1) is 0 Å². The number of alkyl halides is 3. The Morgan fingerprint density at radius 1 is 1.33 bits per heavy atom. The van der Waals surface area contributed by atoms with Crippen LogP contribution in [0.2, 0.25) is 0 Å². The minimum Gasteiger partial charge on any atom is -0.389 e. The van der Waals surface area contributed by atoms with Gasteiger partial charge >= 0.3 is 12.2 Å². The van der Waals surface area contributed by atoms with Crippen LogP contribution in [0.15, 0.2) is 24.3 Å². The molecule has 1 aromatic rings. The van der Waals surface area contributed by atoms with Gasteiger partial charge in [-0.1, -0.05) is 19.1 Å². The first kappa shape index (κ1) is 17.3. The van der Waals surface area contributed by atoms with Crippen LogP contribution in [-0.4, -0.2) is 35.3 Å². The number of hydrogen-bond acceptors (Lipinski definition) is 2. The summed E-state index contributed by atoms with van der Waals surface area (Å²) in [5.41, 5.74) is 1.04. The quantitative estimate of drug-likeness (QED) is 0.874. The van der Waals surface area contributed by atoms with Crippen LogP contribution >= 0.6 is 0 Å². The SMILES string of the molecule is CCCN(CC(F)(F)F)C(=O)Nc1ccc(C(C)O)cc1. The van der Waals surface area contributed by atoms with Crippen molar-refractivity contribution < 1.29 is 23.1 Å². The van der Waals surface area contributed by atoms with Crippen molar-refractivity contribution in [2.75, 3.05) is 18.4 Å². The number of benzene rings is 1. The van der Waals surface area contributed by atoms with Gasteiger partial charge in [0.05, 0.1) is 6.10 Å². The number of carbonyl (C=O) groups is 1. The molecule has 1 aromatic carbocycles. The molecular formula is C14H19F3N2O2. The molecule has 0 saturated heterocycles. The number of halogens is 3. The smallest absolute Gasteiger partial charge is 0.389 e. The molecule has 0 saturated carbocycles. The third-order valence-electron chi connectivity index (χ3n) is 2.80. The Morgan fingerprint density at radius 3 is 2.33 bits per heavy atom. The van der Waals surface area contributed by atoms with E-state index in [0.717, 1.165) is 4.90 Å². The van der Waals surface area contributed by atoms with E-state index in [1.807, 2.05) is 0 Å². The maximum absolute atomic E-state index is 12.4. The third-order valence-corrected chi connectivity index (χ3v) is 2.80. The highest BCUT2D eigenvalue weighted by Crippen LogP contribution is 2.19. The molecule has 0 bridgehead atoms. The minimum absolute atomic E-state index is 0.0249. The highest BCUT2D eigenvalue weighted by Gasteiger charge is 2.32. The lowest BCUT2D eigenvalue weighted by Gasteiger charge is -2.23. The van der Waals surface area contributed by atoms with E-state index < -0.39 is 24.9 Å². The molecule has 0 aliphatic heterocycles. The van der Waals surface area contributed by atoms with Crippen LogP contribution in [-0.2, 0) is 0 Å². The number of aliphatic hydroxyl groups excluding tert-OH is 1. The van der Waals surface area contributed by atoms with E-state index in [0.29, 0.717) is 17.7 Å². The number of carbonyl (C=O) groups excluding carboxylic acids is 1. The minimum atomic E-state index is -4.43. The summed E-state index contributed by atoms with van der Waals surface area (Å²) in [5.74, 6) is 0. The fraction of sp³-hybridized carbons (Fsp3) is 0.500. The highest BCUT2D eigenvalue weighted by molar-refractivity contribution is 5.89. The molecule has 1 rings (SSSR count). The Morgan fingerprint density at radius 2 is 1.90 bits per heavy atom. The molecule has 2 amide bonds. The Balaban J connectivity index is 2.72. The lowest BCUT2D eigenvalue weighted by atomic mass is 10.1. The first-order valence-electron chi connectivity index (χ1n) is 6.63. The maximum Gasteiger partial charge on any atom is 0.406 e. The molecule has 118 valence electrons. The number of nitrogens with zero attached hydrogens (tertiary/aromatic N) is 1. The number of rotatable bonds is 5. The molecule has 1 unspecified atom stereocenters. The number of amides is 2. The highest BCUT2D eigenvalue weighted by atomic mass is 19.4. The Labute approximate surface area is 121 Å². The summed E-state index contributed by atoms with van der Waals surface area (Å²) < 4.78 is 37.3. The van der Waals surface area contributed by atoms with Gasteiger partial charge in [-0.25, -0.2) is 4.79 Å². The van der Waals surface area contributed by atoms with E-state index in [1.165, 1.54) is 12.1 Å². The zero-order chi connectivity index (χ0) is 16.0. The number of nitrogens with one attached hydrogen (secondary N) is 1. The molecule has 21 heavy (non-hydrogen) atoms. The predicted octanol–water partition coefficient (Wildman–Crippen LogP) is 3.55. The molecule has 7 heteroatoms. The molecule has 4 nitrogen and oxygen atoms in total. The van der Waals surface area contributed by atoms with Gasteiger partial charge in [0, 0.05) is 12.2 Å². The third kappa shape index (κ3) is 6.03. The van der Waals surface area contributed by atoms with Gasteiger partial charge < -0.3 is 15.3 Å². The van der Waals surface area contributed by atoms with Crippen LogP contribution in [0.4, 0.5) is 23.7 Å². The molecule has 0 spiro atoms. The summed E-state index contributed by atoms with van der Waals surface area (Å²) in [6.45, 7) is 2.05. The van der Waals surface area contributed by atoms with Gasteiger partial charge in [-0.2, -0.15) is 13.2 Å². The van der Waals surface area contributed by atoms with E-state index in [4.69, 9.17) is 0 Å². The summed E-state index contributed by atoms with van der Waals surface area (Å²) in [6, 6.07) is 5.50. The number of anilines is 1. The molecule has 1 atom stereocenters. The number of aliphatic hydroxyl groups is 1. The van der Waals surface area contributed by atoms with Crippen molar-refractivity contribution in [3.63, 3.8) is 0 Å². The van der Waals surface area contributed by atoms with E-state index in [9.17, 15) is 23.1 Å². The second-order valence-electron chi connectivity index (χ2n) is 4.76. The zero-order valence-electron chi connectivity index (χ0n) is 11.9. The van der Waals surface area contributed by atoms with Gasteiger partial charge in [-0.3, -0.25) is 0 Å². The van der Waals surface area contributed by atoms with Crippen molar-refractivity contribution in [3.05, 3.63) is 29.8 Å². The maximum atomic E-state index is 12.4. The molecule has 0 fully saturated rings. The van der Waals surface area contributed by atoms with Crippen LogP contribution in [0, 0.1) is 0 Å². The van der Waals surface area contributed by atoms with Crippen LogP contribution in [0.25, 0.3) is 0 Å². The number of hydrogen-bond donors (Lipinski definition) is 2. The van der Waals surface area contributed by atoms with Crippen molar-refractivity contribution >= 4 is 11.7 Å². The first-order valence-corrected chi connectivity index (χ1v) is 6.63. The summed E-state index contributed by atoms with van der Waals surface area (Å²) >= 11 is 0. The largest absolute Gasteiger partial charge is 0.406 e. The van der Waals surface area contributed by atoms with E-state index in [1.54, 1.807) is 26.0 Å². The molecular weight excluding hydrogens is 285 g/mol. The standard InChI is InChI=1S/C14H19F3N2O2/c1-3-8-19(9-14(15,16)17)13(21)18-12-6-4-11(5-7-12)10(2)20/h4-7,10,20H,3,8-9H2,1-2H3,(H,18,21). The summed E-state index contributed by atoms with van der Waals surface area (Å²) in [5, 5.41) is 11.8. The number of urea groups is 1. The van der Waals surface area contributed by atoms with Crippen molar-refractivity contribution in [2.24, 2.45) is 0 Å². The van der Waals surface area contributed by atoms with Crippen LogP contribution < -0.4 is 5.32 Å². The second kappa shape index (κ2) is 7.31. The summed E-state index contributed by atoms with van der Waals surface area (Å²) in [4.78, 5) is 12.6. The molecule has 0 aliphatic carbocycles. The topological polar surface area (TPSA) is 52.6 Å². The van der Waals surface area contributed by atoms with Crippen LogP contribution in [0.5, 0.6) is 0 Å². The predicted molar refractivity (Wildman–Crippen MR) is 74.0 cm³/mol. The van der Waals surface area contributed by atoms with Crippen LogP contribution in [0.3, 0.4) is 0 Å². The van der Waals surface area contributed by atoms with Gasteiger partial charge in [0.15, 0.2) is 0 Å². The zero-order valence-corrected chi connectivity index (χ0v) is 11.9. The Kier molecular flexibility index (Phi) is 6.02. The second-order valence-corrected chi connectivity index (χ2v) is 4.76. The van der Waals surface area contributed by atoms with Crippen molar-refractivity contribution in [1.29, 1.82) is 0 Å². The average Bonchev–Trinajstić information content (AvgIpc) is 2.37. The van der Waals surface area contributed by atoms with Gasteiger partial charge in [0.1, 0.15) is 6.54 Å². The normalized spacial score (nSPS) is 12.9. The van der Waals surface area contributed by atoms with Crippen molar-refractivity contribution in [3.8, 4) is 0 Å². The molecule has 2 N–H and O–H groups in total. The van der Waals surface area contributed by atoms with Gasteiger partial charge in [0.25, 0.3) is 0 Å². The van der Waals surface area contributed by atoms with Gasteiger partial charge in [-0.05, 0) is 31.0 Å². The van der Waals surface area contributed by atoms with Gasteiger partial charge in [0.2, 0.25) is 0 Å². The Hall–Kier alpha value is -1.76. The van der Waals surface area contributed by atoms with Crippen LogP contribution in [0.1, 0.15) is 31.9 Å². The lowest BCUT2D eigenvalue weighted by Crippen LogP contribution is -2.41. The molecule has 0 aromatic heterocycles. The fourth-order valence-electron chi connectivity index (χ4n) is 1.79.